The summed E-state index contributed by atoms with van der Waals surface area (Å²) in [6, 6.07) is 6.09. The Kier molecular flexibility index (Phi) is 4.90. The second kappa shape index (κ2) is 6.27. The third-order valence-corrected chi connectivity index (χ3v) is 4.31. The van der Waals surface area contributed by atoms with Crippen molar-refractivity contribution in [1.82, 2.24) is 4.90 Å². The van der Waals surface area contributed by atoms with Crippen LogP contribution >= 0.6 is 15.9 Å². The number of benzene rings is 1. The minimum Gasteiger partial charge on any atom is -0.295 e. The van der Waals surface area contributed by atoms with Crippen molar-refractivity contribution < 1.29 is 13.2 Å². The van der Waals surface area contributed by atoms with Gasteiger partial charge >= 0.3 is 6.18 Å². The van der Waals surface area contributed by atoms with Gasteiger partial charge in [-0.15, -0.1) is 0 Å². The molecule has 0 bridgehead atoms. The number of hydrogen-bond acceptors (Lipinski definition) is 1. The minimum atomic E-state index is -4.26. The zero-order chi connectivity index (χ0) is 13.9. The smallest absolute Gasteiger partial charge is 0.295 e. The van der Waals surface area contributed by atoms with Crippen molar-refractivity contribution >= 4 is 15.9 Å². The molecule has 0 aliphatic carbocycles. The lowest BCUT2D eigenvalue weighted by molar-refractivity contribution is -0.137. The number of likely N-dealkylation sites (tertiary alicyclic amines) is 1. The number of halogens is 4. The second-order valence-corrected chi connectivity index (χ2v) is 5.62. The van der Waals surface area contributed by atoms with Gasteiger partial charge in [0.25, 0.3) is 0 Å². The van der Waals surface area contributed by atoms with Crippen LogP contribution in [-0.4, -0.2) is 22.8 Å². The van der Waals surface area contributed by atoms with E-state index in [0.717, 1.165) is 36.3 Å². The molecule has 1 unspecified atom stereocenters. The van der Waals surface area contributed by atoms with Crippen LogP contribution in [-0.2, 0) is 12.7 Å². The molecule has 0 saturated carbocycles. The Balaban J connectivity index is 2.10. The summed E-state index contributed by atoms with van der Waals surface area (Å²) in [5.41, 5.74) is 0.181. The summed E-state index contributed by atoms with van der Waals surface area (Å²) < 4.78 is 38.0. The van der Waals surface area contributed by atoms with Crippen LogP contribution in [0.5, 0.6) is 0 Å². The van der Waals surface area contributed by atoms with Crippen LogP contribution in [0, 0.1) is 0 Å². The predicted molar refractivity (Wildman–Crippen MR) is 73.3 cm³/mol. The van der Waals surface area contributed by atoms with Gasteiger partial charge in [-0.1, -0.05) is 40.5 Å². The van der Waals surface area contributed by atoms with Gasteiger partial charge in [-0.3, -0.25) is 4.90 Å². The Morgan fingerprint density at radius 2 is 2.05 bits per heavy atom. The topological polar surface area (TPSA) is 3.24 Å². The molecule has 106 valence electrons. The Hall–Kier alpha value is -0.550. The normalized spacial score (nSPS) is 21.6. The maximum absolute atomic E-state index is 12.7. The van der Waals surface area contributed by atoms with Gasteiger partial charge in [0.2, 0.25) is 0 Å². The van der Waals surface area contributed by atoms with E-state index in [4.69, 9.17) is 0 Å². The van der Waals surface area contributed by atoms with E-state index in [1.165, 1.54) is 18.6 Å². The fourth-order valence-corrected chi connectivity index (χ4v) is 3.26. The highest BCUT2D eigenvalue weighted by Crippen LogP contribution is 2.30. The van der Waals surface area contributed by atoms with Crippen molar-refractivity contribution in [1.29, 1.82) is 0 Å². The SMILES string of the molecule is FC(F)(F)c1cccc(CN2CCCCC2CBr)c1. The average Bonchev–Trinajstić information content (AvgIpc) is 2.39. The highest BCUT2D eigenvalue weighted by molar-refractivity contribution is 9.09. The largest absolute Gasteiger partial charge is 0.416 e. The first-order valence-corrected chi connectivity index (χ1v) is 7.59. The molecule has 1 aromatic rings. The minimum absolute atomic E-state index is 0.434. The summed E-state index contributed by atoms with van der Waals surface area (Å²) >= 11 is 3.49. The van der Waals surface area contributed by atoms with E-state index in [1.54, 1.807) is 6.07 Å². The monoisotopic (exact) mass is 335 g/mol. The lowest BCUT2D eigenvalue weighted by Gasteiger charge is -2.34. The molecule has 1 saturated heterocycles. The van der Waals surface area contributed by atoms with Gasteiger partial charge in [-0.25, -0.2) is 0 Å². The van der Waals surface area contributed by atoms with Crippen molar-refractivity contribution in [3.8, 4) is 0 Å². The first-order chi connectivity index (χ1) is 9.00. The highest BCUT2D eigenvalue weighted by Gasteiger charge is 2.30. The number of hydrogen-bond donors (Lipinski definition) is 0. The molecule has 1 heterocycles. The highest BCUT2D eigenvalue weighted by atomic mass is 79.9. The molecule has 2 rings (SSSR count). The lowest BCUT2D eigenvalue weighted by Crippen LogP contribution is -2.39. The van der Waals surface area contributed by atoms with Crippen molar-refractivity contribution in [2.24, 2.45) is 0 Å². The summed E-state index contributed by atoms with van der Waals surface area (Å²) in [6.07, 6.45) is -0.811. The van der Waals surface area contributed by atoms with Crippen molar-refractivity contribution in [2.45, 2.75) is 38.0 Å². The molecule has 1 aliphatic heterocycles. The zero-order valence-electron chi connectivity index (χ0n) is 10.6. The maximum Gasteiger partial charge on any atom is 0.416 e. The van der Waals surface area contributed by atoms with Crippen molar-refractivity contribution in [2.75, 3.05) is 11.9 Å². The van der Waals surface area contributed by atoms with E-state index in [0.29, 0.717) is 12.6 Å². The van der Waals surface area contributed by atoms with Crippen LogP contribution in [0.3, 0.4) is 0 Å². The van der Waals surface area contributed by atoms with E-state index in [9.17, 15) is 13.2 Å². The van der Waals surface area contributed by atoms with Gasteiger partial charge in [0.05, 0.1) is 5.56 Å². The first kappa shape index (κ1) is 14.9. The van der Waals surface area contributed by atoms with Gasteiger partial charge < -0.3 is 0 Å². The number of rotatable bonds is 3. The van der Waals surface area contributed by atoms with Gasteiger partial charge in [0.1, 0.15) is 0 Å². The Morgan fingerprint density at radius 3 is 2.74 bits per heavy atom. The molecule has 0 spiro atoms. The molecule has 0 radical (unpaired) electrons. The summed E-state index contributed by atoms with van der Waals surface area (Å²) in [6.45, 7) is 1.56. The summed E-state index contributed by atoms with van der Waals surface area (Å²) in [5.74, 6) is 0. The van der Waals surface area contributed by atoms with Gasteiger partial charge in [-0.2, -0.15) is 13.2 Å². The van der Waals surface area contributed by atoms with Gasteiger partial charge in [-0.05, 0) is 31.0 Å². The summed E-state index contributed by atoms with van der Waals surface area (Å²) in [7, 11) is 0. The van der Waals surface area contributed by atoms with Crippen LogP contribution in [0.25, 0.3) is 0 Å². The summed E-state index contributed by atoms with van der Waals surface area (Å²) in [4.78, 5) is 2.27. The lowest BCUT2D eigenvalue weighted by atomic mass is 10.0. The van der Waals surface area contributed by atoms with E-state index < -0.39 is 11.7 Å². The quantitative estimate of drug-likeness (QED) is 0.737. The fourth-order valence-electron chi connectivity index (χ4n) is 2.52. The third-order valence-electron chi connectivity index (χ3n) is 3.57. The number of alkyl halides is 4. The molecule has 0 amide bonds. The third kappa shape index (κ3) is 3.96. The molecule has 1 fully saturated rings. The van der Waals surface area contributed by atoms with E-state index in [-0.39, 0.29) is 0 Å². The predicted octanol–water partition coefficient (Wildman–Crippen LogP) is 4.45. The number of piperidine rings is 1. The molecule has 0 aromatic heterocycles. The molecule has 1 aromatic carbocycles. The van der Waals surface area contributed by atoms with Crippen LogP contribution in [0.1, 0.15) is 30.4 Å². The van der Waals surface area contributed by atoms with E-state index in [1.807, 2.05) is 0 Å². The molecule has 0 N–H and O–H groups in total. The van der Waals surface area contributed by atoms with E-state index >= 15 is 0 Å². The van der Waals surface area contributed by atoms with Gasteiger partial charge in [0.15, 0.2) is 0 Å². The first-order valence-electron chi connectivity index (χ1n) is 6.47. The van der Waals surface area contributed by atoms with Crippen LogP contribution < -0.4 is 0 Å². The van der Waals surface area contributed by atoms with E-state index in [2.05, 4.69) is 20.8 Å². The standard InChI is InChI=1S/C14H17BrF3N/c15-9-13-6-1-2-7-19(13)10-11-4-3-5-12(8-11)14(16,17)18/h3-5,8,13H,1-2,6-7,9-10H2. The number of nitrogens with zero attached hydrogens (tertiary/aromatic N) is 1. The Labute approximate surface area is 119 Å². The Bertz CT molecular complexity index is 419. The van der Waals surface area contributed by atoms with Crippen molar-refractivity contribution in [3.63, 3.8) is 0 Å². The zero-order valence-corrected chi connectivity index (χ0v) is 12.2. The van der Waals surface area contributed by atoms with Crippen LogP contribution in [0.2, 0.25) is 0 Å². The van der Waals surface area contributed by atoms with Crippen LogP contribution in [0.4, 0.5) is 13.2 Å². The van der Waals surface area contributed by atoms with Gasteiger partial charge in [0, 0.05) is 17.9 Å². The van der Waals surface area contributed by atoms with Crippen LogP contribution in [0.15, 0.2) is 24.3 Å². The average molecular weight is 336 g/mol. The Morgan fingerprint density at radius 1 is 1.26 bits per heavy atom. The molecular formula is C14H17BrF3N. The molecular weight excluding hydrogens is 319 g/mol. The maximum atomic E-state index is 12.7. The van der Waals surface area contributed by atoms with Crippen molar-refractivity contribution in [3.05, 3.63) is 35.4 Å². The molecule has 19 heavy (non-hydrogen) atoms. The summed E-state index contributed by atoms with van der Waals surface area (Å²) in [5, 5.41) is 0.881. The molecule has 1 nitrogen and oxygen atoms in total. The fraction of sp³-hybridized carbons (Fsp3) is 0.571. The molecule has 1 aliphatic rings. The molecule has 5 heteroatoms. The molecule has 1 atom stereocenters. The second-order valence-electron chi connectivity index (χ2n) is 4.97.